The predicted octanol–water partition coefficient (Wildman–Crippen LogP) is 1.93. The highest BCUT2D eigenvalue weighted by molar-refractivity contribution is 5.81. The first kappa shape index (κ1) is 11.0. The Morgan fingerprint density at radius 3 is 3.00 bits per heavy atom. The van der Waals surface area contributed by atoms with Crippen LogP contribution in [-0.2, 0) is 0 Å². The Labute approximate surface area is 114 Å². The first-order valence-corrected chi connectivity index (χ1v) is 6.26. The van der Waals surface area contributed by atoms with Gasteiger partial charge in [0.2, 0.25) is 5.95 Å². The lowest BCUT2D eigenvalue weighted by molar-refractivity contribution is 0.918. The number of nitrogens with zero attached hydrogens (tertiary/aromatic N) is 5. The molecule has 0 aliphatic heterocycles. The Bertz CT molecular complexity index is 933. The number of imidazole rings is 1. The van der Waals surface area contributed by atoms with Gasteiger partial charge in [-0.3, -0.25) is 0 Å². The predicted molar refractivity (Wildman–Crippen MR) is 76.3 cm³/mol. The van der Waals surface area contributed by atoms with Gasteiger partial charge >= 0.3 is 0 Å². The fraction of sp³-hybridized carbons (Fsp3) is 0.0714. The van der Waals surface area contributed by atoms with Crippen LogP contribution in [0.2, 0.25) is 0 Å². The van der Waals surface area contributed by atoms with Crippen LogP contribution < -0.4 is 5.73 Å². The van der Waals surface area contributed by atoms with Gasteiger partial charge in [0.1, 0.15) is 5.65 Å². The number of pyridine rings is 1. The highest BCUT2D eigenvalue weighted by Crippen LogP contribution is 2.26. The molecule has 20 heavy (non-hydrogen) atoms. The van der Waals surface area contributed by atoms with Crippen molar-refractivity contribution < 1.29 is 0 Å². The maximum absolute atomic E-state index is 5.60. The lowest BCUT2D eigenvalue weighted by atomic mass is 10.1. The van der Waals surface area contributed by atoms with Crippen LogP contribution in [0.1, 0.15) is 5.56 Å². The molecular formula is C14H12N6. The molecule has 0 unspecified atom stereocenters. The molecule has 6 heteroatoms. The van der Waals surface area contributed by atoms with E-state index >= 15 is 0 Å². The lowest BCUT2D eigenvalue weighted by Gasteiger charge is -2.05. The minimum Gasteiger partial charge on any atom is -0.367 e. The molecule has 2 N–H and O–H groups in total. The quantitative estimate of drug-likeness (QED) is 0.570. The van der Waals surface area contributed by atoms with Crippen molar-refractivity contribution in [2.75, 3.05) is 5.73 Å². The standard InChI is InChI=1S/C14H12N6/c1-9-6-10(8-19-5-3-16-13(9)19)11-2-4-20-12(11)7-17-14(15)18-20/h2-8H,1H3,(H2,15,18). The van der Waals surface area contributed by atoms with E-state index in [9.17, 15) is 0 Å². The van der Waals surface area contributed by atoms with Gasteiger partial charge in [0, 0.05) is 35.9 Å². The van der Waals surface area contributed by atoms with E-state index in [1.807, 2.05) is 22.9 Å². The van der Waals surface area contributed by atoms with Crippen molar-refractivity contribution in [1.29, 1.82) is 0 Å². The lowest BCUT2D eigenvalue weighted by Crippen LogP contribution is -1.99. The van der Waals surface area contributed by atoms with E-state index in [1.54, 1.807) is 16.9 Å². The topological polar surface area (TPSA) is 73.5 Å². The number of hydrogen-bond acceptors (Lipinski definition) is 4. The van der Waals surface area contributed by atoms with Gasteiger partial charge in [0.25, 0.3) is 0 Å². The van der Waals surface area contributed by atoms with Crippen molar-refractivity contribution in [3.8, 4) is 11.1 Å². The molecule has 4 aromatic heterocycles. The van der Waals surface area contributed by atoms with Gasteiger partial charge in [-0.1, -0.05) is 0 Å². The first-order valence-electron chi connectivity index (χ1n) is 6.26. The number of anilines is 1. The van der Waals surface area contributed by atoms with Gasteiger partial charge in [-0.2, -0.15) is 0 Å². The molecular weight excluding hydrogens is 252 g/mol. The monoisotopic (exact) mass is 264 g/mol. The Morgan fingerprint density at radius 2 is 2.10 bits per heavy atom. The second-order valence-electron chi connectivity index (χ2n) is 4.75. The van der Waals surface area contributed by atoms with Crippen molar-refractivity contribution in [2.24, 2.45) is 0 Å². The summed E-state index contributed by atoms with van der Waals surface area (Å²) in [5.74, 6) is 0.265. The van der Waals surface area contributed by atoms with Gasteiger partial charge in [0.05, 0.1) is 11.7 Å². The molecule has 0 radical (unpaired) electrons. The SMILES string of the molecule is Cc1cc(-c2ccn3nc(N)ncc23)cn2ccnc12. The van der Waals surface area contributed by atoms with E-state index in [0.717, 1.165) is 27.9 Å². The average molecular weight is 264 g/mol. The van der Waals surface area contributed by atoms with Crippen LogP contribution in [-0.4, -0.2) is 24.0 Å². The second-order valence-corrected chi connectivity index (χ2v) is 4.75. The summed E-state index contributed by atoms with van der Waals surface area (Å²) in [4.78, 5) is 8.40. The molecule has 0 fully saturated rings. The maximum Gasteiger partial charge on any atom is 0.238 e. The zero-order chi connectivity index (χ0) is 13.7. The van der Waals surface area contributed by atoms with E-state index in [2.05, 4.69) is 34.3 Å². The van der Waals surface area contributed by atoms with Crippen molar-refractivity contribution in [2.45, 2.75) is 6.92 Å². The summed E-state index contributed by atoms with van der Waals surface area (Å²) < 4.78 is 3.76. The molecule has 6 nitrogen and oxygen atoms in total. The van der Waals surface area contributed by atoms with Crippen LogP contribution in [0.15, 0.2) is 43.1 Å². The highest BCUT2D eigenvalue weighted by Gasteiger charge is 2.09. The average Bonchev–Trinajstić information content (AvgIpc) is 3.03. The van der Waals surface area contributed by atoms with E-state index < -0.39 is 0 Å². The fourth-order valence-electron chi connectivity index (χ4n) is 2.51. The van der Waals surface area contributed by atoms with E-state index in [1.165, 1.54) is 0 Å². The summed E-state index contributed by atoms with van der Waals surface area (Å²) in [7, 11) is 0. The molecule has 0 aliphatic rings. The molecule has 0 atom stereocenters. The van der Waals surface area contributed by atoms with Gasteiger partial charge in [0.15, 0.2) is 0 Å². The molecule has 0 spiro atoms. The number of fused-ring (bicyclic) bond motifs is 2. The zero-order valence-electron chi connectivity index (χ0n) is 10.9. The third kappa shape index (κ3) is 1.48. The van der Waals surface area contributed by atoms with E-state index in [4.69, 9.17) is 5.73 Å². The van der Waals surface area contributed by atoms with Crippen LogP contribution in [0.25, 0.3) is 22.3 Å². The Kier molecular flexibility index (Phi) is 2.09. The third-order valence-electron chi connectivity index (χ3n) is 3.42. The smallest absolute Gasteiger partial charge is 0.238 e. The Morgan fingerprint density at radius 1 is 1.20 bits per heavy atom. The number of nitrogens with two attached hydrogens (primary N) is 1. The Balaban J connectivity index is 2.00. The maximum atomic E-state index is 5.60. The normalized spacial score (nSPS) is 11.4. The third-order valence-corrected chi connectivity index (χ3v) is 3.42. The highest BCUT2D eigenvalue weighted by atomic mass is 15.3. The molecule has 0 aliphatic carbocycles. The van der Waals surface area contributed by atoms with Crippen molar-refractivity contribution in [1.82, 2.24) is 24.0 Å². The summed E-state index contributed by atoms with van der Waals surface area (Å²) in [6.07, 6.45) is 9.43. The molecule has 0 bridgehead atoms. The fourth-order valence-corrected chi connectivity index (χ4v) is 2.51. The summed E-state index contributed by atoms with van der Waals surface area (Å²) in [5, 5.41) is 4.16. The zero-order valence-corrected chi connectivity index (χ0v) is 10.9. The molecule has 0 aromatic carbocycles. The minimum absolute atomic E-state index is 0.265. The number of aromatic nitrogens is 5. The molecule has 0 saturated heterocycles. The van der Waals surface area contributed by atoms with Crippen molar-refractivity contribution >= 4 is 17.1 Å². The summed E-state index contributed by atoms with van der Waals surface area (Å²) in [6.45, 7) is 2.05. The van der Waals surface area contributed by atoms with Crippen LogP contribution >= 0.6 is 0 Å². The van der Waals surface area contributed by atoms with Gasteiger partial charge in [-0.15, -0.1) is 5.10 Å². The van der Waals surface area contributed by atoms with Crippen LogP contribution in [0.3, 0.4) is 0 Å². The molecule has 0 saturated carbocycles. The van der Waals surface area contributed by atoms with Crippen molar-refractivity contribution in [3.63, 3.8) is 0 Å². The number of hydrogen-bond donors (Lipinski definition) is 1. The van der Waals surface area contributed by atoms with Gasteiger partial charge in [-0.25, -0.2) is 14.5 Å². The Hall–Kier alpha value is -2.89. The van der Waals surface area contributed by atoms with Crippen LogP contribution in [0.5, 0.6) is 0 Å². The molecule has 0 amide bonds. The van der Waals surface area contributed by atoms with Crippen molar-refractivity contribution in [3.05, 3.63) is 48.7 Å². The van der Waals surface area contributed by atoms with Gasteiger partial charge < -0.3 is 10.1 Å². The number of rotatable bonds is 1. The first-order chi connectivity index (χ1) is 9.72. The molecule has 4 aromatic rings. The summed E-state index contributed by atoms with van der Waals surface area (Å²) >= 11 is 0. The second kappa shape index (κ2) is 3.80. The van der Waals surface area contributed by atoms with Crippen LogP contribution in [0.4, 0.5) is 5.95 Å². The number of nitrogen functional groups attached to an aromatic ring is 1. The minimum atomic E-state index is 0.265. The number of aryl methyl sites for hydroxylation is 1. The van der Waals surface area contributed by atoms with Gasteiger partial charge in [-0.05, 0) is 24.6 Å². The van der Waals surface area contributed by atoms with Crippen LogP contribution in [0, 0.1) is 6.92 Å². The molecule has 4 rings (SSSR count). The van der Waals surface area contributed by atoms with E-state index in [0.29, 0.717) is 0 Å². The summed E-state index contributed by atoms with van der Waals surface area (Å²) in [6, 6.07) is 4.13. The summed E-state index contributed by atoms with van der Waals surface area (Å²) in [5.41, 5.74) is 10.8. The molecule has 98 valence electrons. The van der Waals surface area contributed by atoms with E-state index in [-0.39, 0.29) is 5.95 Å². The largest absolute Gasteiger partial charge is 0.367 e. The molecule has 4 heterocycles.